The van der Waals surface area contributed by atoms with Crippen molar-refractivity contribution in [2.75, 3.05) is 0 Å². The zero-order chi connectivity index (χ0) is 22.0. The first-order valence-corrected chi connectivity index (χ1v) is 13.6. The van der Waals surface area contributed by atoms with E-state index in [9.17, 15) is 13.2 Å². The summed E-state index contributed by atoms with van der Waals surface area (Å²) in [4.78, 5) is 12.4. The van der Waals surface area contributed by atoms with Crippen molar-refractivity contribution >= 4 is 15.9 Å². The molecule has 170 valence electrons. The zero-order valence-corrected chi connectivity index (χ0v) is 19.9. The molecule has 0 saturated heterocycles. The maximum Gasteiger partial charge on any atom is 0.297 e. The molecule has 0 N–H and O–H groups in total. The molecule has 31 heavy (non-hydrogen) atoms. The van der Waals surface area contributed by atoms with Crippen molar-refractivity contribution < 1.29 is 17.4 Å². The van der Waals surface area contributed by atoms with Gasteiger partial charge in [0.25, 0.3) is 10.1 Å². The van der Waals surface area contributed by atoms with Crippen LogP contribution in [0.2, 0.25) is 0 Å². The molecule has 7 atom stereocenters. The van der Waals surface area contributed by atoms with E-state index in [0.29, 0.717) is 29.5 Å². The van der Waals surface area contributed by atoms with Crippen LogP contribution in [0.4, 0.5) is 0 Å². The van der Waals surface area contributed by atoms with E-state index in [1.165, 1.54) is 6.42 Å². The van der Waals surface area contributed by atoms with E-state index in [0.717, 1.165) is 56.9 Å². The fourth-order valence-corrected chi connectivity index (χ4v) is 9.27. The highest BCUT2D eigenvalue weighted by atomic mass is 32.2. The summed E-state index contributed by atoms with van der Waals surface area (Å²) in [5.41, 5.74) is 1.25. The number of carbonyl (C=O) groups excluding carboxylic acids is 1. The van der Waals surface area contributed by atoms with Gasteiger partial charge in [-0.2, -0.15) is 8.42 Å². The van der Waals surface area contributed by atoms with Crippen LogP contribution in [0.5, 0.6) is 0 Å². The molecule has 4 aliphatic carbocycles. The van der Waals surface area contributed by atoms with Gasteiger partial charge < -0.3 is 0 Å². The smallest absolute Gasteiger partial charge is 0.297 e. The molecule has 0 unspecified atom stereocenters. The van der Waals surface area contributed by atoms with Crippen molar-refractivity contribution in [1.29, 1.82) is 0 Å². The van der Waals surface area contributed by atoms with Gasteiger partial charge in [-0.3, -0.25) is 8.98 Å². The number of hydrogen-bond donors (Lipinski definition) is 0. The van der Waals surface area contributed by atoms with Gasteiger partial charge in [0.05, 0.1) is 11.0 Å². The Bertz CT molecular complexity index is 968. The Kier molecular flexibility index (Phi) is 5.17. The van der Waals surface area contributed by atoms with Crippen LogP contribution < -0.4 is 0 Å². The van der Waals surface area contributed by atoms with E-state index in [1.54, 1.807) is 12.1 Å². The molecule has 4 saturated carbocycles. The highest BCUT2D eigenvalue weighted by Gasteiger charge is 2.61. The molecule has 5 heteroatoms. The monoisotopic (exact) mass is 444 g/mol. The highest BCUT2D eigenvalue weighted by molar-refractivity contribution is 7.86. The average molecular weight is 445 g/mol. The van der Waals surface area contributed by atoms with Crippen molar-refractivity contribution in [3.63, 3.8) is 0 Å². The van der Waals surface area contributed by atoms with Crippen LogP contribution in [0.3, 0.4) is 0 Å². The van der Waals surface area contributed by atoms with Gasteiger partial charge in [-0.1, -0.05) is 31.5 Å². The molecular weight excluding hydrogens is 408 g/mol. The van der Waals surface area contributed by atoms with Crippen LogP contribution in [0.25, 0.3) is 0 Å². The molecule has 0 amide bonds. The number of benzene rings is 1. The number of hydrogen-bond acceptors (Lipinski definition) is 4. The molecule has 5 rings (SSSR count). The van der Waals surface area contributed by atoms with Gasteiger partial charge in [-0.25, -0.2) is 0 Å². The van der Waals surface area contributed by atoms with Gasteiger partial charge >= 0.3 is 0 Å². The Morgan fingerprint density at radius 1 is 0.903 bits per heavy atom. The van der Waals surface area contributed by atoms with Gasteiger partial charge in [0.2, 0.25) is 0 Å². The molecule has 0 heterocycles. The van der Waals surface area contributed by atoms with Crippen LogP contribution in [0.1, 0.15) is 77.2 Å². The summed E-state index contributed by atoms with van der Waals surface area (Å²) in [5, 5.41) is 0. The van der Waals surface area contributed by atoms with Gasteiger partial charge in [-0.05, 0) is 98.5 Å². The van der Waals surface area contributed by atoms with E-state index in [2.05, 4.69) is 13.8 Å². The lowest BCUT2D eigenvalue weighted by Crippen LogP contribution is -2.54. The van der Waals surface area contributed by atoms with Crippen LogP contribution in [0, 0.1) is 41.4 Å². The average Bonchev–Trinajstić information content (AvgIpc) is 3.04. The third kappa shape index (κ3) is 3.42. The lowest BCUT2D eigenvalue weighted by molar-refractivity contribution is -0.140. The molecule has 0 radical (unpaired) electrons. The van der Waals surface area contributed by atoms with Crippen molar-refractivity contribution in [3.05, 3.63) is 29.8 Å². The first-order valence-electron chi connectivity index (χ1n) is 12.2. The molecule has 0 aliphatic heterocycles. The van der Waals surface area contributed by atoms with Crippen molar-refractivity contribution in [3.8, 4) is 0 Å². The molecule has 4 nitrogen and oxygen atoms in total. The molecule has 0 bridgehead atoms. The summed E-state index contributed by atoms with van der Waals surface area (Å²) < 4.78 is 32.0. The number of fused-ring (bicyclic) bond motifs is 5. The van der Waals surface area contributed by atoms with Crippen molar-refractivity contribution in [2.45, 2.75) is 89.6 Å². The Labute approximate surface area is 187 Å². The molecule has 0 spiro atoms. The number of rotatable bonds is 3. The van der Waals surface area contributed by atoms with Gasteiger partial charge in [0.1, 0.15) is 5.78 Å². The molecule has 1 aromatic carbocycles. The van der Waals surface area contributed by atoms with Gasteiger partial charge in [-0.15, -0.1) is 0 Å². The predicted octanol–water partition coefficient (Wildman–Crippen LogP) is 5.68. The largest absolute Gasteiger partial charge is 0.300 e. The first kappa shape index (κ1) is 21.6. The minimum Gasteiger partial charge on any atom is -0.300 e. The maximum atomic E-state index is 13.0. The second-order valence-corrected chi connectivity index (χ2v) is 12.9. The molecular formula is C26H36O4S. The first-order chi connectivity index (χ1) is 14.6. The number of Topliss-reactive ketones (excluding diaryl/α,β-unsaturated/α-hetero) is 1. The summed E-state index contributed by atoms with van der Waals surface area (Å²) in [5.74, 6) is 2.85. The number of aryl methyl sites for hydroxylation is 1. The summed E-state index contributed by atoms with van der Waals surface area (Å²) >= 11 is 0. The third-order valence-electron chi connectivity index (χ3n) is 9.95. The Hall–Kier alpha value is -1.20. The molecule has 4 aliphatic rings. The Morgan fingerprint density at radius 3 is 2.35 bits per heavy atom. The second kappa shape index (κ2) is 7.41. The predicted molar refractivity (Wildman–Crippen MR) is 120 cm³/mol. The standard InChI is InChI=1S/C26H36O4S/c1-17-4-7-20(8-5-17)31(28,29)30-24-11-10-22-21-9-6-18-16-19(27)12-14-25(18,2)23(21)13-15-26(22,24)3/h4-5,7-8,18,21-24H,6,9-16H2,1-3H3/t18-,21+,22-,23+,24-,25+,26-/m1/s1. The lowest BCUT2D eigenvalue weighted by Gasteiger charge is -2.60. The number of carbonyl (C=O) groups is 1. The zero-order valence-electron chi connectivity index (χ0n) is 19.1. The summed E-state index contributed by atoms with van der Waals surface area (Å²) in [6.45, 7) is 6.69. The fourth-order valence-electron chi connectivity index (χ4n) is 8.07. The van der Waals surface area contributed by atoms with E-state index in [-0.39, 0.29) is 21.8 Å². The summed E-state index contributed by atoms with van der Waals surface area (Å²) in [6, 6.07) is 6.97. The van der Waals surface area contributed by atoms with Gasteiger partial charge in [0, 0.05) is 12.8 Å². The SMILES string of the molecule is Cc1ccc(S(=O)(=O)O[C@@H]2CC[C@@H]3[C@@H]4CC[C@@H]5CC(=O)CC[C@]5(C)[C@H]4CC[C@]32C)cc1. The molecule has 1 aromatic rings. The van der Waals surface area contributed by atoms with Crippen LogP contribution >= 0.6 is 0 Å². The second-order valence-electron chi connectivity index (χ2n) is 11.4. The minimum absolute atomic E-state index is 0.0768. The van der Waals surface area contributed by atoms with E-state index >= 15 is 0 Å². The van der Waals surface area contributed by atoms with Crippen LogP contribution in [0.15, 0.2) is 29.2 Å². The van der Waals surface area contributed by atoms with E-state index in [1.807, 2.05) is 19.1 Å². The quantitative estimate of drug-likeness (QED) is 0.563. The van der Waals surface area contributed by atoms with Crippen LogP contribution in [-0.2, 0) is 19.1 Å². The summed E-state index contributed by atoms with van der Waals surface area (Å²) in [6.07, 6.45) is 8.75. The van der Waals surface area contributed by atoms with E-state index < -0.39 is 10.1 Å². The normalized spacial score (nSPS) is 42.5. The molecule has 4 fully saturated rings. The van der Waals surface area contributed by atoms with E-state index in [4.69, 9.17) is 4.18 Å². The van der Waals surface area contributed by atoms with Crippen LogP contribution in [-0.4, -0.2) is 20.3 Å². The molecule has 0 aromatic heterocycles. The lowest BCUT2D eigenvalue weighted by atomic mass is 9.45. The fraction of sp³-hybridized carbons (Fsp3) is 0.731. The van der Waals surface area contributed by atoms with Crippen molar-refractivity contribution in [2.24, 2.45) is 34.5 Å². The number of ketones is 1. The Balaban J connectivity index is 1.37. The summed E-state index contributed by atoms with van der Waals surface area (Å²) in [7, 11) is -3.75. The minimum atomic E-state index is -3.75. The third-order valence-corrected chi connectivity index (χ3v) is 11.3. The Morgan fingerprint density at radius 2 is 1.61 bits per heavy atom. The van der Waals surface area contributed by atoms with Gasteiger partial charge in [0.15, 0.2) is 0 Å². The topological polar surface area (TPSA) is 60.4 Å². The maximum absolute atomic E-state index is 13.0. The highest BCUT2D eigenvalue weighted by Crippen LogP contribution is 2.66. The van der Waals surface area contributed by atoms with Crippen molar-refractivity contribution in [1.82, 2.24) is 0 Å².